The molecule has 0 radical (unpaired) electrons. The second-order valence-corrected chi connectivity index (χ2v) is 7.14. The second-order valence-electron chi connectivity index (χ2n) is 6.23. The van der Waals surface area contributed by atoms with Gasteiger partial charge in [0.15, 0.2) is 0 Å². The summed E-state index contributed by atoms with van der Waals surface area (Å²) in [5.41, 5.74) is 6.29. The Hall–Kier alpha value is -1.11. The smallest absolute Gasteiger partial charge is 0.251 e. The van der Waals surface area contributed by atoms with Crippen LogP contribution >= 0.6 is 28.3 Å². The van der Waals surface area contributed by atoms with Crippen molar-refractivity contribution >= 4 is 40.2 Å². The number of nitrogens with one attached hydrogen (secondary N) is 1. The highest BCUT2D eigenvalue weighted by Crippen LogP contribution is 2.28. The van der Waals surface area contributed by atoms with Crippen molar-refractivity contribution in [1.82, 2.24) is 10.2 Å². The zero-order valence-electron chi connectivity index (χ0n) is 13.3. The van der Waals surface area contributed by atoms with Gasteiger partial charge in [-0.2, -0.15) is 0 Å². The van der Waals surface area contributed by atoms with Gasteiger partial charge in [-0.05, 0) is 49.6 Å². The molecule has 128 valence electrons. The van der Waals surface area contributed by atoms with Crippen molar-refractivity contribution in [3.63, 3.8) is 0 Å². The molecule has 1 aromatic carbocycles. The van der Waals surface area contributed by atoms with Gasteiger partial charge in [-0.3, -0.25) is 9.59 Å². The van der Waals surface area contributed by atoms with E-state index >= 15 is 0 Å². The van der Waals surface area contributed by atoms with Gasteiger partial charge in [-0.15, -0.1) is 12.4 Å². The molecule has 7 heteroatoms. The number of hydrogen-bond donors (Lipinski definition) is 2. The van der Waals surface area contributed by atoms with E-state index in [1.165, 1.54) is 0 Å². The fraction of sp³-hybridized carbons (Fsp3) is 0.500. The normalized spacial score (nSPS) is 21.5. The van der Waals surface area contributed by atoms with Crippen LogP contribution in [0.5, 0.6) is 0 Å². The number of carbonyl (C=O) groups excluding carboxylic acids is 2. The lowest BCUT2D eigenvalue weighted by Gasteiger charge is -2.25. The quantitative estimate of drug-likeness (QED) is 0.807. The molecule has 0 aromatic heterocycles. The molecule has 1 aromatic rings. The minimum Gasteiger partial charge on any atom is -0.341 e. The molecule has 0 bridgehead atoms. The Morgan fingerprint density at radius 3 is 2.52 bits per heavy atom. The van der Waals surface area contributed by atoms with E-state index in [1.807, 2.05) is 0 Å². The molecule has 5 nitrogen and oxygen atoms in total. The summed E-state index contributed by atoms with van der Waals surface area (Å²) in [6.45, 7) is 5.73. The molecule has 1 aliphatic heterocycles. The van der Waals surface area contributed by atoms with Crippen molar-refractivity contribution in [2.24, 2.45) is 11.1 Å². The maximum Gasteiger partial charge on any atom is 0.251 e. The summed E-state index contributed by atoms with van der Waals surface area (Å²) in [4.78, 5) is 26.4. The van der Waals surface area contributed by atoms with E-state index in [4.69, 9.17) is 5.73 Å². The third-order valence-electron chi connectivity index (χ3n) is 4.19. The maximum atomic E-state index is 12.4. The molecule has 2 atom stereocenters. The summed E-state index contributed by atoms with van der Waals surface area (Å²) in [5, 5.41) is 2.76. The van der Waals surface area contributed by atoms with Gasteiger partial charge in [0.25, 0.3) is 5.91 Å². The van der Waals surface area contributed by atoms with E-state index in [2.05, 4.69) is 28.2 Å². The predicted molar refractivity (Wildman–Crippen MR) is 96.7 cm³/mol. The van der Waals surface area contributed by atoms with Gasteiger partial charge >= 0.3 is 0 Å². The van der Waals surface area contributed by atoms with Crippen LogP contribution in [0.25, 0.3) is 0 Å². The molecule has 3 N–H and O–H groups in total. The van der Waals surface area contributed by atoms with E-state index in [0.717, 1.165) is 10.9 Å². The van der Waals surface area contributed by atoms with Gasteiger partial charge in [0.1, 0.15) is 6.04 Å². The number of nitrogens with two attached hydrogens (primary N) is 1. The minimum atomic E-state index is -0.545. The Balaban J connectivity index is 0.00000264. The highest BCUT2D eigenvalue weighted by Gasteiger charge is 2.36. The van der Waals surface area contributed by atoms with E-state index in [0.29, 0.717) is 25.2 Å². The van der Waals surface area contributed by atoms with Gasteiger partial charge in [0.2, 0.25) is 5.91 Å². The average molecular weight is 405 g/mol. The van der Waals surface area contributed by atoms with Crippen LogP contribution in [-0.2, 0) is 4.79 Å². The minimum absolute atomic E-state index is 0. The Kier molecular flexibility index (Phi) is 7.04. The molecule has 2 rings (SSSR count). The second kappa shape index (κ2) is 8.13. The summed E-state index contributed by atoms with van der Waals surface area (Å²) in [6, 6.07) is 6.50. The number of benzene rings is 1. The van der Waals surface area contributed by atoms with E-state index in [-0.39, 0.29) is 29.6 Å². The summed E-state index contributed by atoms with van der Waals surface area (Å²) < 4.78 is 0.909. The number of halogens is 2. The molecular formula is C16H23BrClN3O2. The fourth-order valence-electron chi connectivity index (χ4n) is 2.60. The summed E-state index contributed by atoms with van der Waals surface area (Å²) in [5.74, 6) is -0.295. The van der Waals surface area contributed by atoms with Crippen LogP contribution in [0.2, 0.25) is 0 Å². The van der Waals surface area contributed by atoms with Gasteiger partial charge in [-0.1, -0.05) is 22.9 Å². The molecule has 2 amide bonds. The predicted octanol–water partition coefficient (Wildman–Crippen LogP) is 2.19. The van der Waals surface area contributed by atoms with Crippen LogP contribution in [-0.4, -0.2) is 42.4 Å². The van der Waals surface area contributed by atoms with Crippen molar-refractivity contribution < 1.29 is 9.59 Å². The van der Waals surface area contributed by atoms with Crippen LogP contribution in [0.15, 0.2) is 28.7 Å². The SMILES string of the molecule is CC(NC(=O)c1ccc(Br)cc1)C(=O)N1CCC(C)(CN)C1.Cl. The lowest BCUT2D eigenvalue weighted by atomic mass is 9.90. The van der Waals surface area contributed by atoms with E-state index in [1.54, 1.807) is 36.1 Å². The lowest BCUT2D eigenvalue weighted by Crippen LogP contribution is -2.47. The monoisotopic (exact) mass is 403 g/mol. The molecule has 1 heterocycles. The van der Waals surface area contributed by atoms with Crippen molar-refractivity contribution in [3.05, 3.63) is 34.3 Å². The van der Waals surface area contributed by atoms with Gasteiger partial charge in [-0.25, -0.2) is 0 Å². The van der Waals surface area contributed by atoms with Gasteiger partial charge in [0, 0.05) is 23.1 Å². The van der Waals surface area contributed by atoms with Crippen LogP contribution in [0.3, 0.4) is 0 Å². The number of likely N-dealkylation sites (tertiary alicyclic amines) is 1. The Morgan fingerprint density at radius 2 is 2.00 bits per heavy atom. The highest BCUT2D eigenvalue weighted by atomic mass is 79.9. The van der Waals surface area contributed by atoms with Crippen molar-refractivity contribution in [1.29, 1.82) is 0 Å². The zero-order valence-corrected chi connectivity index (χ0v) is 15.7. The highest BCUT2D eigenvalue weighted by molar-refractivity contribution is 9.10. The van der Waals surface area contributed by atoms with Crippen LogP contribution in [0, 0.1) is 5.41 Å². The molecule has 0 spiro atoms. The standard InChI is InChI=1S/C16H22BrN3O2.ClH/c1-11(15(22)20-8-7-16(2,9-18)10-20)19-14(21)12-3-5-13(17)6-4-12;/h3-6,11H,7-10,18H2,1-2H3,(H,19,21);1H. The van der Waals surface area contributed by atoms with E-state index in [9.17, 15) is 9.59 Å². The molecule has 0 saturated carbocycles. The van der Waals surface area contributed by atoms with Crippen LogP contribution < -0.4 is 11.1 Å². The summed E-state index contributed by atoms with van der Waals surface area (Å²) in [7, 11) is 0. The zero-order chi connectivity index (χ0) is 16.3. The lowest BCUT2D eigenvalue weighted by molar-refractivity contribution is -0.132. The molecule has 1 fully saturated rings. The first-order valence-corrected chi connectivity index (χ1v) is 8.19. The first kappa shape index (κ1) is 19.9. The maximum absolute atomic E-state index is 12.4. The topological polar surface area (TPSA) is 75.4 Å². The van der Waals surface area contributed by atoms with Crippen molar-refractivity contribution in [2.45, 2.75) is 26.3 Å². The summed E-state index contributed by atoms with van der Waals surface area (Å²) >= 11 is 3.33. The molecule has 2 unspecified atom stereocenters. The number of carbonyl (C=O) groups is 2. The third kappa shape index (κ3) is 4.93. The average Bonchev–Trinajstić information content (AvgIpc) is 2.90. The number of hydrogen-bond acceptors (Lipinski definition) is 3. The molecule has 0 aliphatic carbocycles. The van der Waals surface area contributed by atoms with Crippen molar-refractivity contribution in [2.75, 3.05) is 19.6 Å². The molecule has 1 saturated heterocycles. The Morgan fingerprint density at radius 1 is 1.39 bits per heavy atom. The summed E-state index contributed by atoms with van der Waals surface area (Å²) in [6.07, 6.45) is 0.905. The number of amides is 2. The molecule has 23 heavy (non-hydrogen) atoms. The first-order chi connectivity index (χ1) is 10.3. The molecular weight excluding hydrogens is 382 g/mol. The third-order valence-corrected chi connectivity index (χ3v) is 4.72. The first-order valence-electron chi connectivity index (χ1n) is 7.40. The van der Waals surface area contributed by atoms with Gasteiger partial charge < -0.3 is 16.0 Å². The van der Waals surface area contributed by atoms with E-state index < -0.39 is 6.04 Å². The van der Waals surface area contributed by atoms with Crippen LogP contribution in [0.4, 0.5) is 0 Å². The Labute approximate surface area is 151 Å². The molecule has 1 aliphatic rings. The number of rotatable bonds is 4. The van der Waals surface area contributed by atoms with Crippen molar-refractivity contribution in [3.8, 4) is 0 Å². The number of nitrogens with zero attached hydrogens (tertiary/aromatic N) is 1. The van der Waals surface area contributed by atoms with Gasteiger partial charge in [0.05, 0.1) is 0 Å². The Bertz CT molecular complexity index is 567. The fourth-order valence-corrected chi connectivity index (χ4v) is 2.86. The van der Waals surface area contributed by atoms with Crippen LogP contribution in [0.1, 0.15) is 30.6 Å². The largest absolute Gasteiger partial charge is 0.341 e.